The summed E-state index contributed by atoms with van der Waals surface area (Å²) in [6.45, 7) is 4.54. The monoisotopic (exact) mass is 226 g/mol. The zero-order valence-corrected chi connectivity index (χ0v) is 10.5. The van der Waals surface area contributed by atoms with Gasteiger partial charge >= 0.3 is 5.97 Å². The summed E-state index contributed by atoms with van der Waals surface area (Å²) in [5.41, 5.74) is 0.219. The average molecular weight is 226 g/mol. The molecule has 2 atom stereocenters. The van der Waals surface area contributed by atoms with Crippen molar-refractivity contribution in [3.8, 4) is 0 Å². The Morgan fingerprint density at radius 3 is 2.38 bits per heavy atom. The van der Waals surface area contributed by atoms with Crippen LogP contribution in [0.4, 0.5) is 0 Å². The molecule has 0 aliphatic heterocycles. The molecule has 3 nitrogen and oxygen atoms in total. The van der Waals surface area contributed by atoms with Gasteiger partial charge in [-0.3, -0.25) is 0 Å². The first kappa shape index (κ1) is 11.9. The fourth-order valence-electron chi connectivity index (χ4n) is 3.32. The van der Waals surface area contributed by atoms with Gasteiger partial charge in [-0.25, -0.2) is 4.79 Å². The maximum absolute atomic E-state index is 11.4. The van der Waals surface area contributed by atoms with E-state index >= 15 is 0 Å². The Labute approximate surface area is 97.2 Å². The molecule has 0 aromatic heterocycles. The van der Waals surface area contributed by atoms with Gasteiger partial charge in [0.2, 0.25) is 0 Å². The number of carbonyl (C=O) groups is 1. The Kier molecular flexibility index (Phi) is 2.77. The van der Waals surface area contributed by atoms with Gasteiger partial charge < -0.3 is 9.84 Å². The van der Waals surface area contributed by atoms with Crippen LogP contribution < -0.4 is 0 Å². The maximum atomic E-state index is 11.4. The third-order valence-corrected chi connectivity index (χ3v) is 4.58. The molecule has 16 heavy (non-hydrogen) atoms. The number of aliphatic hydroxyl groups is 1. The number of hydrogen-bond donors (Lipinski definition) is 1. The Morgan fingerprint density at radius 2 is 2.00 bits per heavy atom. The summed E-state index contributed by atoms with van der Waals surface area (Å²) in [4.78, 5) is 11.4. The summed E-state index contributed by atoms with van der Waals surface area (Å²) in [5.74, 6) is 0.0406. The number of methoxy groups -OCH3 is 1. The minimum atomic E-state index is -0.906. The number of ether oxygens (including phenoxy) is 1. The molecule has 0 spiro atoms. The van der Waals surface area contributed by atoms with Crippen LogP contribution in [-0.4, -0.2) is 24.3 Å². The molecule has 1 N–H and O–H groups in total. The lowest BCUT2D eigenvalue weighted by molar-refractivity contribution is -0.156. The van der Waals surface area contributed by atoms with Crippen molar-refractivity contribution >= 4 is 5.97 Å². The molecule has 0 radical (unpaired) electrons. The maximum Gasteiger partial charge on any atom is 0.335 e. The molecule has 2 aliphatic carbocycles. The number of aliphatic hydroxyl groups excluding tert-OH is 1. The Hall–Kier alpha value is -0.570. The van der Waals surface area contributed by atoms with Gasteiger partial charge in [0.25, 0.3) is 0 Å². The van der Waals surface area contributed by atoms with E-state index in [1.807, 2.05) is 0 Å². The molecule has 0 bridgehead atoms. The van der Waals surface area contributed by atoms with E-state index in [0.717, 1.165) is 25.7 Å². The minimum Gasteiger partial charge on any atom is -0.467 e. The van der Waals surface area contributed by atoms with Crippen molar-refractivity contribution in [1.82, 2.24) is 0 Å². The molecule has 2 unspecified atom stereocenters. The molecule has 92 valence electrons. The second kappa shape index (κ2) is 3.73. The van der Waals surface area contributed by atoms with Crippen molar-refractivity contribution in [3.05, 3.63) is 0 Å². The predicted octanol–water partition coefficient (Wildman–Crippen LogP) is 2.13. The fraction of sp³-hybridized carbons (Fsp3) is 0.923. The van der Waals surface area contributed by atoms with Crippen molar-refractivity contribution in [1.29, 1.82) is 0 Å². The van der Waals surface area contributed by atoms with E-state index < -0.39 is 12.1 Å². The lowest BCUT2D eigenvalue weighted by atomic mass is 9.80. The zero-order chi connectivity index (χ0) is 12.0. The van der Waals surface area contributed by atoms with E-state index in [-0.39, 0.29) is 5.41 Å². The highest BCUT2D eigenvalue weighted by Crippen LogP contribution is 2.62. The Morgan fingerprint density at radius 1 is 1.38 bits per heavy atom. The van der Waals surface area contributed by atoms with Crippen LogP contribution in [-0.2, 0) is 9.53 Å². The topological polar surface area (TPSA) is 46.5 Å². The number of rotatable bonds is 3. The van der Waals surface area contributed by atoms with Crippen LogP contribution in [0.5, 0.6) is 0 Å². The summed E-state index contributed by atoms with van der Waals surface area (Å²) in [6, 6.07) is 0. The second-order valence-electron chi connectivity index (χ2n) is 6.26. The van der Waals surface area contributed by atoms with Crippen molar-refractivity contribution in [2.45, 2.75) is 52.1 Å². The largest absolute Gasteiger partial charge is 0.467 e. The molecule has 3 heteroatoms. The summed E-state index contributed by atoms with van der Waals surface area (Å²) in [6.07, 6.45) is 4.51. The van der Waals surface area contributed by atoms with Crippen LogP contribution in [0.1, 0.15) is 46.0 Å². The van der Waals surface area contributed by atoms with Gasteiger partial charge in [0.05, 0.1) is 7.11 Å². The average Bonchev–Trinajstić information content (AvgIpc) is 2.96. The Balaban J connectivity index is 2.06. The highest BCUT2D eigenvalue weighted by molar-refractivity contribution is 5.76. The van der Waals surface area contributed by atoms with Crippen LogP contribution in [0.2, 0.25) is 0 Å². The molecular formula is C13H22O3. The van der Waals surface area contributed by atoms with Crippen LogP contribution >= 0.6 is 0 Å². The molecule has 2 rings (SSSR count). The first-order valence-electron chi connectivity index (χ1n) is 6.17. The van der Waals surface area contributed by atoms with E-state index in [0.29, 0.717) is 11.3 Å². The number of esters is 1. The lowest BCUT2D eigenvalue weighted by Crippen LogP contribution is -2.36. The quantitative estimate of drug-likeness (QED) is 0.750. The van der Waals surface area contributed by atoms with Crippen molar-refractivity contribution in [2.24, 2.45) is 16.7 Å². The summed E-state index contributed by atoms with van der Waals surface area (Å²) in [7, 11) is 1.35. The number of hydrogen-bond acceptors (Lipinski definition) is 3. The second-order valence-corrected chi connectivity index (χ2v) is 6.26. The number of carbonyl (C=O) groups excluding carboxylic acids is 1. The molecule has 0 saturated heterocycles. The SMILES string of the molecule is COC(=O)C(O)C1(C2CCC(C)(C)C2)CC1. The normalized spacial score (nSPS) is 32.1. The molecule has 0 aromatic rings. The summed E-state index contributed by atoms with van der Waals surface area (Å²) < 4.78 is 4.66. The fourth-order valence-corrected chi connectivity index (χ4v) is 3.32. The standard InChI is InChI=1S/C13H22O3/c1-12(2)5-4-9(8-12)13(6-7-13)10(14)11(15)16-3/h9-10,14H,4-8H2,1-3H3. The highest BCUT2D eigenvalue weighted by Gasteiger charge is 2.59. The van der Waals surface area contributed by atoms with E-state index in [9.17, 15) is 9.90 Å². The third-order valence-electron chi connectivity index (χ3n) is 4.58. The van der Waals surface area contributed by atoms with Gasteiger partial charge in [0, 0.05) is 5.41 Å². The van der Waals surface area contributed by atoms with Crippen LogP contribution in [0.3, 0.4) is 0 Å². The van der Waals surface area contributed by atoms with Gasteiger partial charge in [-0.1, -0.05) is 13.8 Å². The Bertz CT molecular complexity index is 292. The highest BCUT2D eigenvalue weighted by atomic mass is 16.5. The van der Waals surface area contributed by atoms with Crippen LogP contribution in [0.25, 0.3) is 0 Å². The molecule has 2 fully saturated rings. The minimum absolute atomic E-state index is 0.152. The van der Waals surface area contributed by atoms with E-state index in [1.165, 1.54) is 13.5 Å². The van der Waals surface area contributed by atoms with Crippen LogP contribution in [0.15, 0.2) is 0 Å². The molecule has 2 saturated carbocycles. The van der Waals surface area contributed by atoms with Gasteiger partial charge in [0.15, 0.2) is 6.10 Å². The van der Waals surface area contributed by atoms with E-state index in [2.05, 4.69) is 18.6 Å². The molecule has 0 amide bonds. The van der Waals surface area contributed by atoms with Crippen molar-refractivity contribution in [2.75, 3.05) is 7.11 Å². The molecule has 2 aliphatic rings. The third kappa shape index (κ3) is 1.86. The van der Waals surface area contributed by atoms with E-state index in [4.69, 9.17) is 0 Å². The zero-order valence-electron chi connectivity index (χ0n) is 10.5. The molecule has 0 heterocycles. The smallest absolute Gasteiger partial charge is 0.335 e. The first-order valence-corrected chi connectivity index (χ1v) is 6.17. The molecule has 0 aromatic carbocycles. The predicted molar refractivity (Wildman–Crippen MR) is 60.8 cm³/mol. The van der Waals surface area contributed by atoms with Gasteiger partial charge in [-0.05, 0) is 43.4 Å². The van der Waals surface area contributed by atoms with Crippen molar-refractivity contribution in [3.63, 3.8) is 0 Å². The first-order chi connectivity index (χ1) is 7.41. The van der Waals surface area contributed by atoms with Gasteiger partial charge in [-0.2, -0.15) is 0 Å². The van der Waals surface area contributed by atoms with E-state index in [1.54, 1.807) is 0 Å². The van der Waals surface area contributed by atoms with Gasteiger partial charge in [-0.15, -0.1) is 0 Å². The molecular weight excluding hydrogens is 204 g/mol. The van der Waals surface area contributed by atoms with Crippen LogP contribution in [0, 0.1) is 16.7 Å². The van der Waals surface area contributed by atoms with Gasteiger partial charge in [0.1, 0.15) is 0 Å². The summed E-state index contributed by atoms with van der Waals surface area (Å²) >= 11 is 0. The van der Waals surface area contributed by atoms with Crippen molar-refractivity contribution < 1.29 is 14.6 Å². The lowest BCUT2D eigenvalue weighted by Gasteiger charge is -2.27. The summed E-state index contributed by atoms with van der Waals surface area (Å²) in [5, 5.41) is 10.1.